The minimum Gasteiger partial charge on any atom is -0.507 e. The maximum absolute atomic E-state index is 13.0. The maximum Gasteiger partial charge on any atom is 0.295 e. The van der Waals surface area contributed by atoms with Crippen molar-refractivity contribution in [1.82, 2.24) is 9.80 Å². The van der Waals surface area contributed by atoms with E-state index in [1.807, 2.05) is 32.8 Å². The Hall–Kier alpha value is -3.72. The normalized spacial score (nSPS) is 17.6. The summed E-state index contributed by atoms with van der Waals surface area (Å²) in [6, 6.07) is 11.4. The third-order valence-corrected chi connectivity index (χ3v) is 5.46. The van der Waals surface area contributed by atoms with Gasteiger partial charge in [-0.25, -0.2) is 0 Å². The Morgan fingerprint density at radius 2 is 1.74 bits per heavy atom. The molecule has 9 heteroatoms. The van der Waals surface area contributed by atoms with Gasteiger partial charge in [0.2, 0.25) is 0 Å². The van der Waals surface area contributed by atoms with Crippen molar-refractivity contribution >= 4 is 23.1 Å². The maximum atomic E-state index is 13.0. The smallest absolute Gasteiger partial charge is 0.295 e. The fourth-order valence-electron chi connectivity index (χ4n) is 3.91. The van der Waals surface area contributed by atoms with E-state index in [9.17, 15) is 24.8 Å². The van der Waals surface area contributed by atoms with E-state index in [-0.39, 0.29) is 23.1 Å². The number of amides is 1. The predicted octanol–water partition coefficient (Wildman–Crippen LogP) is 3.76. The Labute approximate surface area is 198 Å². The molecule has 0 bridgehead atoms. The summed E-state index contributed by atoms with van der Waals surface area (Å²) >= 11 is 0. The molecule has 0 saturated carbocycles. The minimum atomic E-state index is -0.852. The zero-order valence-corrected chi connectivity index (χ0v) is 19.7. The number of rotatable bonds is 9. The van der Waals surface area contributed by atoms with Gasteiger partial charge in [0.05, 0.1) is 22.6 Å². The van der Waals surface area contributed by atoms with E-state index >= 15 is 0 Å². The largest absolute Gasteiger partial charge is 0.507 e. The van der Waals surface area contributed by atoms with Crippen molar-refractivity contribution in [3.8, 4) is 5.75 Å². The van der Waals surface area contributed by atoms with Crippen LogP contribution in [0.5, 0.6) is 5.75 Å². The number of aliphatic hydroxyl groups is 1. The molecule has 1 N–H and O–H groups in total. The second-order valence-corrected chi connectivity index (χ2v) is 8.69. The van der Waals surface area contributed by atoms with Crippen molar-refractivity contribution in [2.75, 3.05) is 27.2 Å². The molecule has 1 atom stereocenters. The number of nitrogens with zero attached hydrogens (tertiary/aromatic N) is 3. The Bertz CT molecular complexity index is 1090. The summed E-state index contributed by atoms with van der Waals surface area (Å²) in [6.45, 7) is 4.79. The molecule has 1 heterocycles. The summed E-state index contributed by atoms with van der Waals surface area (Å²) in [6.07, 6.45) is 0.596. The number of carbonyl (C=O) groups is 2. The van der Waals surface area contributed by atoms with Crippen LogP contribution in [0.4, 0.5) is 5.69 Å². The highest BCUT2D eigenvalue weighted by Crippen LogP contribution is 2.40. The number of nitro groups is 1. The number of ether oxygens (including phenoxy) is 1. The van der Waals surface area contributed by atoms with Gasteiger partial charge in [0.15, 0.2) is 0 Å². The molecule has 180 valence electrons. The molecule has 34 heavy (non-hydrogen) atoms. The van der Waals surface area contributed by atoms with Crippen LogP contribution in [0.1, 0.15) is 37.4 Å². The quantitative estimate of drug-likeness (QED) is 0.196. The highest BCUT2D eigenvalue weighted by atomic mass is 16.6. The van der Waals surface area contributed by atoms with Gasteiger partial charge in [-0.1, -0.05) is 0 Å². The number of nitro benzene ring substituents is 1. The number of hydrogen-bond acceptors (Lipinski definition) is 7. The first-order valence-corrected chi connectivity index (χ1v) is 11.0. The lowest BCUT2D eigenvalue weighted by molar-refractivity contribution is -0.384. The molecule has 2 aromatic carbocycles. The van der Waals surface area contributed by atoms with E-state index in [4.69, 9.17) is 4.74 Å². The molecular weight excluding hydrogens is 438 g/mol. The molecule has 0 spiro atoms. The van der Waals surface area contributed by atoms with Crippen molar-refractivity contribution in [1.29, 1.82) is 0 Å². The average molecular weight is 468 g/mol. The van der Waals surface area contributed by atoms with Crippen molar-refractivity contribution in [3.05, 3.63) is 75.3 Å². The van der Waals surface area contributed by atoms with Gasteiger partial charge in [0, 0.05) is 24.2 Å². The van der Waals surface area contributed by atoms with Crippen LogP contribution in [0.15, 0.2) is 54.1 Å². The van der Waals surface area contributed by atoms with Gasteiger partial charge < -0.3 is 19.6 Å². The molecule has 1 saturated heterocycles. The topological polar surface area (TPSA) is 113 Å². The van der Waals surface area contributed by atoms with Crippen LogP contribution in [0.25, 0.3) is 5.76 Å². The lowest BCUT2D eigenvalue weighted by Gasteiger charge is -2.26. The number of hydrogen-bond donors (Lipinski definition) is 1. The zero-order valence-electron chi connectivity index (χ0n) is 19.7. The second kappa shape index (κ2) is 10.5. The first kappa shape index (κ1) is 24.9. The predicted molar refractivity (Wildman–Crippen MR) is 127 cm³/mol. The standard InChI is InChI=1S/C25H29N3O6/c1-16(2)34-20-12-8-18(9-13-20)23(29)21-22(17-6-10-19(11-7-17)28(32)33)27(25(31)24(21)30)15-5-14-26(3)4/h6-13,16,22,29H,5,14-15H2,1-4H3/t22-/m0/s1. The SMILES string of the molecule is CC(C)Oc1ccc(C(O)=C2C(=O)C(=O)N(CCCN(C)C)[C@H]2c2ccc([N+](=O)[O-])cc2)cc1. The lowest BCUT2D eigenvalue weighted by atomic mass is 9.95. The first-order chi connectivity index (χ1) is 16.1. The molecule has 9 nitrogen and oxygen atoms in total. The summed E-state index contributed by atoms with van der Waals surface area (Å²) in [7, 11) is 3.82. The molecule has 1 amide bonds. The van der Waals surface area contributed by atoms with E-state index in [0.717, 1.165) is 0 Å². The third kappa shape index (κ3) is 5.43. The summed E-state index contributed by atoms with van der Waals surface area (Å²) in [5, 5.41) is 22.2. The molecule has 1 aliphatic rings. The van der Waals surface area contributed by atoms with Crippen LogP contribution in [0.3, 0.4) is 0 Å². The number of Topliss-reactive ketones (excluding diaryl/α,β-unsaturated/α-hetero) is 1. The number of benzene rings is 2. The third-order valence-electron chi connectivity index (χ3n) is 5.46. The van der Waals surface area contributed by atoms with E-state index < -0.39 is 22.7 Å². The first-order valence-electron chi connectivity index (χ1n) is 11.0. The monoisotopic (exact) mass is 467 g/mol. The molecule has 0 aromatic heterocycles. The fraction of sp³-hybridized carbons (Fsp3) is 0.360. The van der Waals surface area contributed by atoms with Crippen LogP contribution in [-0.4, -0.2) is 64.8 Å². The molecule has 1 aliphatic heterocycles. The van der Waals surface area contributed by atoms with E-state index in [1.165, 1.54) is 29.2 Å². The number of carbonyl (C=O) groups excluding carboxylic acids is 2. The molecule has 0 radical (unpaired) electrons. The molecule has 1 fully saturated rings. The fourth-order valence-corrected chi connectivity index (χ4v) is 3.91. The Morgan fingerprint density at radius 1 is 1.12 bits per heavy atom. The zero-order chi connectivity index (χ0) is 25.0. The van der Waals surface area contributed by atoms with Gasteiger partial charge in [0.1, 0.15) is 11.5 Å². The second-order valence-electron chi connectivity index (χ2n) is 8.69. The molecule has 2 aromatic rings. The molecule has 0 aliphatic carbocycles. The van der Waals surface area contributed by atoms with E-state index in [2.05, 4.69) is 0 Å². The van der Waals surface area contributed by atoms with Crippen molar-refractivity contribution in [2.24, 2.45) is 0 Å². The van der Waals surface area contributed by atoms with Gasteiger partial charge in [-0.3, -0.25) is 19.7 Å². The van der Waals surface area contributed by atoms with E-state index in [0.29, 0.717) is 36.4 Å². The van der Waals surface area contributed by atoms with Gasteiger partial charge in [-0.15, -0.1) is 0 Å². The summed E-state index contributed by atoms with van der Waals surface area (Å²) in [5.41, 5.74) is 0.737. The number of ketones is 1. The molecule has 0 unspecified atom stereocenters. The Balaban J connectivity index is 2.05. The van der Waals surface area contributed by atoms with Crippen LogP contribution >= 0.6 is 0 Å². The lowest BCUT2D eigenvalue weighted by Crippen LogP contribution is -2.32. The summed E-state index contributed by atoms with van der Waals surface area (Å²) in [5.74, 6) is -1.17. The van der Waals surface area contributed by atoms with Crippen molar-refractivity contribution in [3.63, 3.8) is 0 Å². The summed E-state index contributed by atoms with van der Waals surface area (Å²) < 4.78 is 5.63. The Kier molecular flexibility index (Phi) is 7.68. The van der Waals surface area contributed by atoms with Crippen LogP contribution in [0, 0.1) is 10.1 Å². The highest BCUT2D eigenvalue weighted by Gasteiger charge is 2.45. The van der Waals surface area contributed by atoms with Crippen LogP contribution in [0.2, 0.25) is 0 Å². The van der Waals surface area contributed by atoms with Crippen LogP contribution in [-0.2, 0) is 9.59 Å². The van der Waals surface area contributed by atoms with E-state index in [1.54, 1.807) is 24.3 Å². The van der Waals surface area contributed by atoms with Crippen molar-refractivity contribution in [2.45, 2.75) is 32.4 Å². The number of non-ortho nitro benzene ring substituents is 1. The van der Waals surface area contributed by atoms with Gasteiger partial charge in [0.25, 0.3) is 17.4 Å². The number of aliphatic hydroxyl groups excluding tert-OH is 1. The average Bonchev–Trinajstić information content (AvgIpc) is 3.03. The summed E-state index contributed by atoms with van der Waals surface area (Å²) in [4.78, 5) is 40.0. The van der Waals surface area contributed by atoms with Crippen molar-refractivity contribution < 1.29 is 24.4 Å². The highest BCUT2D eigenvalue weighted by molar-refractivity contribution is 6.46. The number of likely N-dealkylation sites (tertiary alicyclic amines) is 1. The van der Waals surface area contributed by atoms with Crippen LogP contribution < -0.4 is 4.74 Å². The van der Waals surface area contributed by atoms with Gasteiger partial charge in [-0.05, 0) is 82.9 Å². The van der Waals surface area contributed by atoms with Gasteiger partial charge >= 0.3 is 0 Å². The minimum absolute atomic E-state index is 0.0194. The molecule has 3 rings (SSSR count). The Morgan fingerprint density at radius 3 is 2.26 bits per heavy atom. The molecular formula is C25H29N3O6. The van der Waals surface area contributed by atoms with Gasteiger partial charge in [-0.2, -0.15) is 0 Å².